The predicted molar refractivity (Wildman–Crippen MR) is 44.5 cm³/mol. The Balaban J connectivity index is 5.00. The molecule has 0 bridgehead atoms. The van der Waals surface area contributed by atoms with E-state index < -0.39 is 11.9 Å². The molecule has 13 heavy (non-hydrogen) atoms. The molecule has 5 heteroatoms. The second kappa shape index (κ2) is 5.31. The van der Waals surface area contributed by atoms with Gasteiger partial charge < -0.3 is 14.9 Å². The zero-order valence-electron chi connectivity index (χ0n) is 7.53. The van der Waals surface area contributed by atoms with E-state index in [2.05, 4.69) is 4.74 Å². The minimum Gasteiger partial charge on any atom is -0.478 e. The quantitative estimate of drug-likeness (QED) is 0.614. The molecule has 0 heterocycles. The van der Waals surface area contributed by atoms with E-state index in [0.717, 1.165) is 0 Å². The third-order valence-electron chi connectivity index (χ3n) is 1.52. The largest absolute Gasteiger partial charge is 0.478 e. The van der Waals surface area contributed by atoms with Crippen LogP contribution < -0.4 is 0 Å². The van der Waals surface area contributed by atoms with Crippen LogP contribution in [-0.4, -0.2) is 35.9 Å². The lowest BCUT2D eigenvalue weighted by molar-refractivity contribution is -0.136. The molecule has 0 aromatic heterocycles. The van der Waals surface area contributed by atoms with Crippen LogP contribution in [0.3, 0.4) is 0 Å². The molecular weight excluding hydrogens is 176 g/mol. The smallest absolute Gasteiger partial charge is 0.334 e. The summed E-state index contributed by atoms with van der Waals surface area (Å²) in [7, 11) is 1.32. The minimum absolute atomic E-state index is 0.116. The highest BCUT2D eigenvalue weighted by atomic mass is 16.5. The third-order valence-corrected chi connectivity index (χ3v) is 1.52. The van der Waals surface area contributed by atoms with Crippen LogP contribution in [0, 0.1) is 0 Å². The fourth-order valence-corrected chi connectivity index (χ4v) is 0.916. The monoisotopic (exact) mass is 188 g/mol. The Morgan fingerprint density at radius 1 is 1.15 bits per heavy atom. The maximum Gasteiger partial charge on any atom is 0.334 e. The molecule has 0 fully saturated rings. The van der Waals surface area contributed by atoms with Gasteiger partial charge in [0.25, 0.3) is 0 Å². The number of carboxylic acid groups (broad SMARTS) is 2. The molecule has 0 saturated heterocycles. The average molecular weight is 188 g/mol. The van der Waals surface area contributed by atoms with Gasteiger partial charge in [-0.15, -0.1) is 0 Å². The molecule has 0 aliphatic carbocycles. The average Bonchev–Trinajstić information content (AvgIpc) is 2.03. The van der Waals surface area contributed by atoms with E-state index in [9.17, 15) is 9.59 Å². The number of hydrogen-bond acceptors (Lipinski definition) is 3. The minimum atomic E-state index is -1.25. The van der Waals surface area contributed by atoms with Crippen LogP contribution in [0.4, 0.5) is 0 Å². The maximum absolute atomic E-state index is 10.6. The first-order valence-corrected chi connectivity index (χ1v) is 3.72. The molecule has 0 spiro atoms. The Kier molecular flexibility index (Phi) is 4.76. The van der Waals surface area contributed by atoms with E-state index >= 15 is 0 Å². The van der Waals surface area contributed by atoms with E-state index in [-0.39, 0.29) is 24.2 Å². The number of ether oxygens (including phenoxy) is 1. The molecule has 2 N–H and O–H groups in total. The van der Waals surface area contributed by atoms with Crippen molar-refractivity contribution in [3.05, 3.63) is 11.1 Å². The molecule has 0 atom stereocenters. The van der Waals surface area contributed by atoms with Crippen LogP contribution in [-0.2, 0) is 14.3 Å². The standard InChI is InChI=1S/C8H12O5/c1-3-5(7(9)10)6(4-13-2)8(11)12/h3-4H2,1-2H3,(H,9,10)(H,11,12). The second-order valence-electron chi connectivity index (χ2n) is 2.35. The summed E-state index contributed by atoms with van der Waals surface area (Å²) in [6.07, 6.45) is 0.167. The highest BCUT2D eigenvalue weighted by Crippen LogP contribution is 2.09. The summed E-state index contributed by atoms with van der Waals surface area (Å²) in [6, 6.07) is 0. The highest BCUT2D eigenvalue weighted by molar-refractivity contribution is 5.98. The number of carboxylic acids is 2. The number of hydrogen-bond donors (Lipinski definition) is 2. The Labute approximate surface area is 75.6 Å². The summed E-state index contributed by atoms with van der Waals surface area (Å²) in [4.78, 5) is 21.2. The fraction of sp³-hybridized carbons (Fsp3) is 0.500. The van der Waals surface area contributed by atoms with Gasteiger partial charge in [-0.05, 0) is 6.42 Å². The molecule has 74 valence electrons. The zero-order chi connectivity index (χ0) is 10.4. The molecule has 0 unspecified atom stereocenters. The molecule has 5 nitrogen and oxygen atoms in total. The van der Waals surface area contributed by atoms with Crippen LogP contribution >= 0.6 is 0 Å². The van der Waals surface area contributed by atoms with Crippen molar-refractivity contribution in [1.29, 1.82) is 0 Å². The number of aliphatic carboxylic acids is 2. The molecule has 0 rings (SSSR count). The van der Waals surface area contributed by atoms with Gasteiger partial charge in [0.05, 0.1) is 12.2 Å². The van der Waals surface area contributed by atoms with Gasteiger partial charge in [-0.3, -0.25) is 0 Å². The molecule has 0 aliphatic heterocycles. The van der Waals surface area contributed by atoms with Gasteiger partial charge in [0, 0.05) is 12.7 Å². The van der Waals surface area contributed by atoms with Gasteiger partial charge >= 0.3 is 11.9 Å². The number of methoxy groups -OCH3 is 1. The lowest BCUT2D eigenvalue weighted by Crippen LogP contribution is -2.14. The highest BCUT2D eigenvalue weighted by Gasteiger charge is 2.17. The van der Waals surface area contributed by atoms with E-state index in [1.807, 2.05) is 0 Å². The van der Waals surface area contributed by atoms with Crippen LogP contribution in [0.5, 0.6) is 0 Å². The van der Waals surface area contributed by atoms with Gasteiger partial charge in [0.2, 0.25) is 0 Å². The molecule has 0 radical (unpaired) electrons. The van der Waals surface area contributed by atoms with E-state index in [4.69, 9.17) is 10.2 Å². The van der Waals surface area contributed by atoms with Crippen molar-refractivity contribution in [2.24, 2.45) is 0 Å². The van der Waals surface area contributed by atoms with Crippen molar-refractivity contribution in [2.45, 2.75) is 13.3 Å². The van der Waals surface area contributed by atoms with Crippen LogP contribution in [0.15, 0.2) is 11.1 Å². The zero-order valence-corrected chi connectivity index (χ0v) is 7.53. The number of rotatable bonds is 5. The van der Waals surface area contributed by atoms with Crippen molar-refractivity contribution < 1.29 is 24.5 Å². The topological polar surface area (TPSA) is 83.8 Å². The molecule has 0 aromatic carbocycles. The predicted octanol–water partition coefficient (Wildman–Crippen LogP) is 0.509. The van der Waals surface area contributed by atoms with Gasteiger partial charge in [-0.1, -0.05) is 6.92 Å². The van der Waals surface area contributed by atoms with Gasteiger partial charge in [0.15, 0.2) is 0 Å². The second-order valence-corrected chi connectivity index (χ2v) is 2.35. The summed E-state index contributed by atoms with van der Waals surface area (Å²) in [6.45, 7) is 1.40. The maximum atomic E-state index is 10.6. The Morgan fingerprint density at radius 2 is 1.62 bits per heavy atom. The number of carbonyl (C=O) groups is 2. The normalized spacial score (nSPS) is 12.2. The van der Waals surface area contributed by atoms with E-state index in [1.54, 1.807) is 6.92 Å². The van der Waals surface area contributed by atoms with E-state index in [0.29, 0.717) is 0 Å². The molecule has 0 aliphatic rings. The lowest BCUT2D eigenvalue weighted by Gasteiger charge is -2.05. The van der Waals surface area contributed by atoms with Crippen molar-refractivity contribution in [2.75, 3.05) is 13.7 Å². The van der Waals surface area contributed by atoms with Gasteiger partial charge in [-0.25, -0.2) is 9.59 Å². The Bertz CT molecular complexity index is 241. The summed E-state index contributed by atoms with van der Waals surface area (Å²) < 4.78 is 4.60. The molecule has 0 saturated carbocycles. The summed E-state index contributed by atoms with van der Waals surface area (Å²) in [5.74, 6) is -2.46. The Hall–Kier alpha value is -1.36. The van der Waals surface area contributed by atoms with Gasteiger partial charge in [-0.2, -0.15) is 0 Å². The van der Waals surface area contributed by atoms with Crippen molar-refractivity contribution in [3.8, 4) is 0 Å². The van der Waals surface area contributed by atoms with Crippen LogP contribution in [0.25, 0.3) is 0 Å². The van der Waals surface area contributed by atoms with Crippen molar-refractivity contribution >= 4 is 11.9 Å². The summed E-state index contributed by atoms with van der Waals surface area (Å²) in [5, 5.41) is 17.3. The first-order valence-electron chi connectivity index (χ1n) is 3.72. The van der Waals surface area contributed by atoms with E-state index in [1.165, 1.54) is 7.11 Å². The van der Waals surface area contributed by atoms with Crippen molar-refractivity contribution in [1.82, 2.24) is 0 Å². The SMILES string of the molecule is CCC(C(=O)O)=C(COC)C(=O)O. The Morgan fingerprint density at radius 3 is 1.85 bits per heavy atom. The molecule has 0 amide bonds. The fourth-order valence-electron chi connectivity index (χ4n) is 0.916. The lowest BCUT2D eigenvalue weighted by atomic mass is 10.1. The molecule has 0 aromatic rings. The first-order chi connectivity index (χ1) is 6.04. The first kappa shape index (κ1) is 11.6. The van der Waals surface area contributed by atoms with Crippen molar-refractivity contribution in [3.63, 3.8) is 0 Å². The van der Waals surface area contributed by atoms with Gasteiger partial charge in [0.1, 0.15) is 0 Å². The van der Waals surface area contributed by atoms with Crippen LogP contribution in [0.1, 0.15) is 13.3 Å². The molecular formula is C8H12O5. The third kappa shape index (κ3) is 3.25. The van der Waals surface area contributed by atoms with Crippen LogP contribution in [0.2, 0.25) is 0 Å². The summed E-state index contributed by atoms with van der Waals surface area (Å²) >= 11 is 0. The summed E-state index contributed by atoms with van der Waals surface area (Å²) in [5.41, 5.74) is -0.313.